The lowest BCUT2D eigenvalue weighted by atomic mass is 9.81. The van der Waals surface area contributed by atoms with Gasteiger partial charge in [-0.1, -0.05) is 43.5 Å². The topological polar surface area (TPSA) is 42.3 Å². The highest BCUT2D eigenvalue weighted by molar-refractivity contribution is 5.94. The minimum Gasteiger partial charge on any atom is -0.338 e. The lowest BCUT2D eigenvalue weighted by Crippen LogP contribution is -2.49. The normalized spacial score (nSPS) is 24.6. The zero-order valence-electron chi connectivity index (χ0n) is 16.3. The second-order valence-corrected chi connectivity index (χ2v) is 8.84. The van der Waals surface area contributed by atoms with Gasteiger partial charge in [-0.2, -0.15) is 0 Å². The van der Waals surface area contributed by atoms with Gasteiger partial charge >= 0.3 is 0 Å². The van der Waals surface area contributed by atoms with Crippen LogP contribution in [-0.4, -0.2) is 28.5 Å². The molecule has 1 saturated heterocycles. The van der Waals surface area contributed by atoms with Crippen molar-refractivity contribution in [2.24, 2.45) is 5.92 Å². The van der Waals surface area contributed by atoms with E-state index in [1.165, 1.54) is 19.3 Å². The second-order valence-electron chi connectivity index (χ2n) is 8.84. The quantitative estimate of drug-likeness (QED) is 0.790. The summed E-state index contributed by atoms with van der Waals surface area (Å²) in [5.74, 6) is 1.20. The summed E-state index contributed by atoms with van der Waals surface area (Å²) in [5.41, 5.74) is 3.15. The standard InChI is InChI=1S/C24H28N2O2/c27-23(19-9-5-2-6-10-19)25-14-17-13-20(16-25)22-12-11-21(24(28)26(22)15-17)18-7-3-1-4-8-18/h2,5-6,9-12,17-18,20H,1,3-4,7-8,13-16H2/t17-,20+/m0/s1. The van der Waals surface area contributed by atoms with Crippen molar-refractivity contribution >= 4 is 5.91 Å². The van der Waals surface area contributed by atoms with E-state index < -0.39 is 0 Å². The molecule has 1 amide bonds. The highest BCUT2D eigenvalue weighted by Gasteiger charge is 2.37. The van der Waals surface area contributed by atoms with Crippen molar-refractivity contribution in [3.05, 3.63) is 69.6 Å². The van der Waals surface area contributed by atoms with E-state index in [4.69, 9.17) is 0 Å². The molecule has 0 radical (unpaired) electrons. The molecule has 0 N–H and O–H groups in total. The number of benzene rings is 1. The smallest absolute Gasteiger partial charge is 0.254 e. The van der Waals surface area contributed by atoms with Crippen LogP contribution in [0.1, 0.15) is 72.0 Å². The third-order valence-electron chi connectivity index (χ3n) is 6.99. The average molecular weight is 377 g/mol. The first kappa shape index (κ1) is 17.7. The van der Waals surface area contributed by atoms with Crippen LogP contribution in [0, 0.1) is 5.92 Å². The number of amides is 1. The Morgan fingerprint density at radius 1 is 0.857 bits per heavy atom. The number of carbonyl (C=O) groups is 1. The summed E-state index contributed by atoms with van der Waals surface area (Å²) in [6.07, 6.45) is 7.18. The first-order valence-corrected chi connectivity index (χ1v) is 10.8. The maximum absolute atomic E-state index is 13.3. The molecule has 1 aliphatic carbocycles. The van der Waals surface area contributed by atoms with E-state index in [0.717, 1.165) is 49.2 Å². The number of hydrogen-bond acceptors (Lipinski definition) is 2. The minimum atomic E-state index is 0.116. The predicted molar refractivity (Wildman–Crippen MR) is 110 cm³/mol. The van der Waals surface area contributed by atoms with E-state index in [9.17, 15) is 9.59 Å². The lowest BCUT2D eigenvalue weighted by molar-refractivity contribution is 0.0594. The van der Waals surface area contributed by atoms with Gasteiger partial charge in [0.05, 0.1) is 0 Å². The molecule has 4 nitrogen and oxygen atoms in total. The summed E-state index contributed by atoms with van der Waals surface area (Å²) in [4.78, 5) is 28.2. The Morgan fingerprint density at radius 3 is 2.43 bits per heavy atom. The van der Waals surface area contributed by atoms with Crippen molar-refractivity contribution in [1.82, 2.24) is 9.47 Å². The van der Waals surface area contributed by atoms with Gasteiger partial charge in [0.25, 0.3) is 11.5 Å². The number of pyridine rings is 1. The lowest BCUT2D eigenvalue weighted by Gasteiger charge is -2.43. The molecule has 1 aromatic carbocycles. The number of rotatable bonds is 2. The van der Waals surface area contributed by atoms with E-state index >= 15 is 0 Å². The Bertz CT molecular complexity index is 927. The van der Waals surface area contributed by atoms with Crippen LogP contribution in [0.4, 0.5) is 0 Å². The molecule has 5 rings (SSSR count). The van der Waals surface area contributed by atoms with Gasteiger partial charge in [0, 0.05) is 42.4 Å². The summed E-state index contributed by atoms with van der Waals surface area (Å²) in [6.45, 7) is 2.22. The monoisotopic (exact) mass is 376 g/mol. The van der Waals surface area contributed by atoms with Crippen LogP contribution >= 0.6 is 0 Å². The highest BCUT2D eigenvalue weighted by atomic mass is 16.2. The van der Waals surface area contributed by atoms with E-state index in [-0.39, 0.29) is 17.4 Å². The van der Waals surface area contributed by atoms with Gasteiger partial charge < -0.3 is 9.47 Å². The van der Waals surface area contributed by atoms with Crippen LogP contribution in [0.3, 0.4) is 0 Å². The maximum Gasteiger partial charge on any atom is 0.254 e. The van der Waals surface area contributed by atoms with Gasteiger partial charge in [0.2, 0.25) is 0 Å². The molecule has 1 saturated carbocycles. The second kappa shape index (κ2) is 7.23. The molecular weight excluding hydrogens is 348 g/mol. The summed E-state index contributed by atoms with van der Waals surface area (Å²) >= 11 is 0. The summed E-state index contributed by atoms with van der Waals surface area (Å²) in [5, 5.41) is 0. The van der Waals surface area contributed by atoms with Gasteiger partial charge in [0.1, 0.15) is 0 Å². The van der Waals surface area contributed by atoms with Crippen molar-refractivity contribution in [1.29, 1.82) is 0 Å². The first-order valence-electron chi connectivity index (χ1n) is 10.8. The van der Waals surface area contributed by atoms with Gasteiger partial charge in [-0.3, -0.25) is 9.59 Å². The van der Waals surface area contributed by atoms with Crippen LogP contribution in [0.2, 0.25) is 0 Å². The molecule has 3 heterocycles. The molecule has 146 valence electrons. The van der Waals surface area contributed by atoms with Crippen LogP contribution < -0.4 is 5.56 Å². The van der Waals surface area contributed by atoms with Crippen molar-refractivity contribution in [3.63, 3.8) is 0 Å². The van der Waals surface area contributed by atoms with Crippen molar-refractivity contribution in [2.75, 3.05) is 13.1 Å². The summed E-state index contributed by atoms with van der Waals surface area (Å²) in [6, 6.07) is 13.8. The van der Waals surface area contributed by atoms with Gasteiger partial charge in [-0.25, -0.2) is 0 Å². The van der Waals surface area contributed by atoms with Crippen LogP contribution in [0.5, 0.6) is 0 Å². The molecule has 3 aliphatic rings. The van der Waals surface area contributed by atoms with Gasteiger partial charge in [-0.15, -0.1) is 0 Å². The third-order valence-corrected chi connectivity index (χ3v) is 6.99. The fourth-order valence-corrected chi connectivity index (χ4v) is 5.62. The Morgan fingerprint density at radius 2 is 1.64 bits per heavy atom. The molecule has 2 aliphatic heterocycles. The fourth-order valence-electron chi connectivity index (χ4n) is 5.62. The zero-order chi connectivity index (χ0) is 19.1. The van der Waals surface area contributed by atoms with E-state index in [2.05, 4.69) is 12.1 Å². The highest BCUT2D eigenvalue weighted by Crippen LogP contribution is 2.37. The Balaban J connectivity index is 1.42. The van der Waals surface area contributed by atoms with Crippen LogP contribution in [-0.2, 0) is 6.54 Å². The largest absolute Gasteiger partial charge is 0.338 e. The maximum atomic E-state index is 13.3. The van der Waals surface area contributed by atoms with E-state index in [1.807, 2.05) is 39.8 Å². The molecule has 1 aromatic heterocycles. The third kappa shape index (κ3) is 3.09. The number of hydrogen-bond donors (Lipinski definition) is 0. The summed E-state index contributed by atoms with van der Waals surface area (Å²) in [7, 11) is 0. The number of aromatic nitrogens is 1. The average Bonchev–Trinajstić information content (AvgIpc) is 2.75. The number of nitrogens with zero attached hydrogens (tertiary/aromatic N) is 2. The fraction of sp³-hybridized carbons (Fsp3) is 0.500. The summed E-state index contributed by atoms with van der Waals surface area (Å²) < 4.78 is 2.05. The van der Waals surface area contributed by atoms with Crippen LogP contribution in [0.15, 0.2) is 47.3 Å². The van der Waals surface area contributed by atoms with Crippen molar-refractivity contribution < 1.29 is 4.79 Å². The number of piperidine rings is 1. The van der Waals surface area contributed by atoms with Crippen molar-refractivity contribution in [3.8, 4) is 0 Å². The molecule has 28 heavy (non-hydrogen) atoms. The Labute approximate surface area is 166 Å². The molecule has 2 atom stereocenters. The number of likely N-dealkylation sites (tertiary alicyclic amines) is 1. The SMILES string of the molecule is O=C(c1ccccc1)N1C[C@@H]2C[C@H](C1)c1ccc(C3CCCCC3)c(=O)n1C2. The molecule has 0 spiro atoms. The van der Waals surface area contributed by atoms with E-state index in [0.29, 0.717) is 18.4 Å². The Hall–Kier alpha value is -2.36. The minimum absolute atomic E-state index is 0.116. The molecule has 2 bridgehead atoms. The van der Waals surface area contributed by atoms with Gasteiger partial charge in [-0.05, 0) is 49.3 Å². The molecule has 4 heteroatoms. The Kier molecular flexibility index (Phi) is 4.58. The molecule has 2 aromatic rings. The number of carbonyl (C=O) groups excluding carboxylic acids is 1. The number of fused-ring (bicyclic) bond motifs is 4. The molecule has 2 fully saturated rings. The van der Waals surface area contributed by atoms with E-state index in [1.54, 1.807) is 0 Å². The predicted octanol–water partition coefficient (Wildman–Crippen LogP) is 4.16. The zero-order valence-corrected chi connectivity index (χ0v) is 16.3. The van der Waals surface area contributed by atoms with Crippen molar-refractivity contribution in [2.45, 2.75) is 56.9 Å². The van der Waals surface area contributed by atoms with Gasteiger partial charge in [0.15, 0.2) is 0 Å². The molecular formula is C24H28N2O2. The molecule has 0 unspecified atom stereocenters. The first-order chi connectivity index (χ1) is 13.7. The van der Waals surface area contributed by atoms with Crippen LogP contribution in [0.25, 0.3) is 0 Å².